The van der Waals surface area contributed by atoms with Gasteiger partial charge >= 0.3 is 0 Å². The minimum atomic E-state index is -3.85. The molecule has 0 radical (unpaired) electrons. The third-order valence-corrected chi connectivity index (χ3v) is 5.07. The van der Waals surface area contributed by atoms with Gasteiger partial charge in [-0.05, 0) is 56.1 Å². The van der Waals surface area contributed by atoms with E-state index in [0.29, 0.717) is 14.6 Å². The Hall–Kier alpha value is -1.05. The van der Waals surface area contributed by atoms with Crippen LogP contribution in [-0.4, -0.2) is 13.5 Å². The largest absolute Gasteiger partial charge is 0.507 e. The number of hydrogen-bond acceptors (Lipinski definition) is 3. The predicted octanol–water partition coefficient (Wildman–Crippen LogP) is 3.72. The Balaban J connectivity index is 2.46. The molecule has 0 atom stereocenters. The third kappa shape index (κ3) is 3.10. The maximum Gasteiger partial charge on any atom is 0.265 e. The summed E-state index contributed by atoms with van der Waals surface area (Å²) in [5.74, 6) is -0.293. The number of para-hydroxylation sites is 2. The monoisotopic (exact) mass is 405 g/mol. The van der Waals surface area contributed by atoms with Gasteiger partial charge in [0.25, 0.3) is 10.0 Å². The molecule has 0 amide bonds. The van der Waals surface area contributed by atoms with E-state index in [4.69, 9.17) is 0 Å². The van der Waals surface area contributed by atoms with E-state index in [-0.39, 0.29) is 10.6 Å². The van der Waals surface area contributed by atoms with Gasteiger partial charge in [0.05, 0.1) is 5.69 Å². The van der Waals surface area contributed by atoms with Crippen molar-refractivity contribution in [1.82, 2.24) is 0 Å². The number of hydrogen-bond donors (Lipinski definition) is 2. The number of phenolic OH excluding ortho intramolecular Hbond substituents is 1. The molecule has 0 unspecified atom stereocenters. The third-order valence-electron chi connectivity index (χ3n) is 2.35. The number of phenols is 1. The van der Waals surface area contributed by atoms with Crippen LogP contribution in [0.2, 0.25) is 0 Å². The molecule has 2 aromatic carbocycles. The van der Waals surface area contributed by atoms with Gasteiger partial charge in [-0.1, -0.05) is 18.2 Å². The van der Waals surface area contributed by atoms with Crippen molar-refractivity contribution in [3.05, 3.63) is 51.4 Å². The minimum Gasteiger partial charge on any atom is -0.507 e. The van der Waals surface area contributed by atoms with Crippen molar-refractivity contribution in [3.63, 3.8) is 0 Å². The molecule has 0 spiro atoms. The van der Waals surface area contributed by atoms with Crippen LogP contribution < -0.4 is 4.72 Å². The van der Waals surface area contributed by atoms with E-state index in [0.717, 1.165) is 0 Å². The van der Waals surface area contributed by atoms with Gasteiger partial charge in [0.2, 0.25) is 0 Å². The maximum atomic E-state index is 12.2. The number of aromatic hydroxyl groups is 1. The summed E-state index contributed by atoms with van der Waals surface area (Å²) in [6.07, 6.45) is 0. The van der Waals surface area contributed by atoms with E-state index < -0.39 is 10.0 Å². The summed E-state index contributed by atoms with van der Waals surface area (Å²) >= 11 is 6.54. The average Bonchev–Trinajstić information content (AvgIpc) is 2.34. The molecule has 7 heteroatoms. The van der Waals surface area contributed by atoms with E-state index in [1.54, 1.807) is 30.3 Å². The second-order valence-electron chi connectivity index (χ2n) is 3.67. The summed E-state index contributed by atoms with van der Waals surface area (Å²) in [4.78, 5) is -0.169. The zero-order chi connectivity index (χ0) is 14.0. The highest BCUT2D eigenvalue weighted by Crippen LogP contribution is 2.33. The number of anilines is 1. The SMILES string of the molecule is O=S(=O)(Nc1c(Br)cccc1Br)c1ccccc1O. The van der Waals surface area contributed by atoms with Crippen LogP contribution in [0.1, 0.15) is 0 Å². The van der Waals surface area contributed by atoms with E-state index >= 15 is 0 Å². The van der Waals surface area contributed by atoms with Crippen LogP contribution in [0.3, 0.4) is 0 Å². The lowest BCUT2D eigenvalue weighted by molar-refractivity contribution is 0.459. The van der Waals surface area contributed by atoms with E-state index in [1.165, 1.54) is 12.1 Å². The summed E-state index contributed by atoms with van der Waals surface area (Å²) in [5.41, 5.74) is 0.380. The lowest BCUT2D eigenvalue weighted by Gasteiger charge is -2.12. The van der Waals surface area contributed by atoms with Crippen LogP contribution in [-0.2, 0) is 10.0 Å². The van der Waals surface area contributed by atoms with E-state index in [9.17, 15) is 13.5 Å². The number of nitrogens with one attached hydrogen (secondary N) is 1. The van der Waals surface area contributed by atoms with Gasteiger partial charge in [-0.25, -0.2) is 8.42 Å². The Bertz CT molecular complexity index is 696. The molecular formula is C12H9Br2NO3S. The Morgan fingerprint density at radius 2 is 1.53 bits per heavy atom. The van der Waals surface area contributed by atoms with Crippen LogP contribution in [0.15, 0.2) is 56.3 Å². The van der Waals surface area contributed by atoms with Gasteiger partial charge in [0.1, 0.15) is 10.6 Å². The molecule has 0 saturated carbocycles. The fourth-order valence-corrected chi connectivity index (χ4v) is 4.13. The molecule has 2 aromatic rings. The first-order chi connectivity index (χ1) is 8.92. The molecule has 0 aromatic heterocycles. The molecular weight excluding hydrogens is 398 g/mol. The van der Waals surface area contributed by atoms with Gasteiger partial charge < -0.3 is 5.11 Å². The Morgan fingerprint density at radius 1 is 0.947 bits per heavy atom. The van der Waals surface area contributed by atoms with E-state index in [1.807, 2.05) is 0 Å². The molecule has 19 heavy (non-hydrogen) atoms. The van der Waals surface area contributed by atoms with Gasteiger partial charge in [-0.2, -0.15) is 0 Å². The molecule has 0 fully saturated rings. The van der Waals surface area contributed by atoms with Crippen molar-refractivity contribution < 1.29 is 13.5 Å². The quantitative estimate of drug-likeness (QED) is 0.816. The molecule has 2 N–H and O–H groups in total. The smallest absolute Gasteiger partial charge is 0.265 e. The second-order valence-corrected chi connectivity index (χ2v) is 7.03. The lowest BCUT2D eigenvalue weighted by Crippen LogP contribution is -2.13. The first-order valence-electron chi connectivity index (χ1n) is 5.16. The van der Waals surface area contributed by atoms with Gasteiger partial charge in [0, 0.05) is 8.95 Å². The summed E-state index contributed by atoms with van der Waals surface area (Å²) in [6.45, 7) is 0. The molecule has 100 valence electrons. The normalized spacial score (nSPS) is 11.3. The molecule has 0 heterocycles. The van der Waals surface area contributed by atoms with Crippen LogP contribution in [0.5, 0.6) is 5.75 Å². The van der Waals surface area contributed by atoms with Crippen molar-refractivity contribution in [2.75, 3.05) is 4.72 Å². The van der Waals surface area contributed by atoms with Gasteiger partial charge in [0.15, 0.2) is 0 Å². The molecule has 0 saturated heterocycles. The predicted molar refractivity (Wildman–Crippen MR) is 80.8 cm³/mol. The Morgan fingerprint density at radius 3 is 2.11 bits per heavy atom. The van der Waals surface area contributed by atoms with Crippen molar-refractivity contribution in [1.29, 1.82) is 0 Å². The zero-order valence-electron chi connectivity index (χ0n) is 9.47. The molecule has 4 nitrogen and oxygen atoms in total. The summed E-state index contributed by atoms with van der Waals surface area (Å²) in [5, 5.41) is 9.62. The van der Waals surface area contributed by atoms with Crippen molar-refractivity contribution in [2.24, 2.45) is 0 Å². The molecule has 0 aliphatic carbocycles. The van der Waals surface area contributed by atoms with Crippen LogP contribution in [0.25, 0.3) is 0 Å². The van der Waals surface area contributed by atoms with Crippen molar-refractivity contribution in [2.45, 2.75) is 4.90 Å². The number of halogens is 2. The van der Waals surface area contributed by atoms with Crippen LogP contribution in [0.4, 0.5) is 5.69 Å². The summed E-state index contributed by atoms with van der Waals surface area (Å²) in [6, 6.07) is 11.0. The molecule has 0 aliphatic rings. The minimum absolute atomic E-state index is 0.169. The number of benzene rings is 2. The fourth-order valence-electron chi connectivity index (χ4n) is 1.47. The maximum absolute atomic E-state index is 12.2. The summed E-state index contributed by atoms with van der Waals surface area (Å²) < 4.78 is 28.1. The average molecular weight is 407 g/mol. The zero-order valence-corrected chi connectivity index (χ0v) is 13.5. The Labute approximate surface area is 127 Å². The molecule has 0 bridgehead atoms. The van der Waals surface area contributed by atoms with Gasteiger partial charge in [-0.15, -0.1) is 0 Å². The van der Waals surface area contributed by atoms with Gasteiger partial charge in [-0.3, -0.25) is 4.72 Å². The highest BCUT2D eigenvalue weighted by atomic mass is 79.9. The first-order valence-corrected chi connectivity index (χ1v) is 8.23. The lowest BCUT2D eigenvalue weighted by atomic mass is 10.3. The molecule has 0 aliphatic heterocycles. The highest BCUT2D eigenvalue weighted by Gasteiger charge is 2.20. The number of sulfonamides is 1. The van der Waals surface area contributed by atoms with Crippen molar-refractivity contribution >= 4 is 47.6 Å². The van der Waals surface area contributed by atoms with Crippen LogP contribution in [0, 0.1) is 0 Å². The Kier molecular flexibility index (Phi) is 4.17. The first kappa shape index (κ1) is 14.4. The van der Waals surface area contributed by atoms with Crippen molar-refractivity contribution in [3.8, 4) is 5.75 Å². The van der Waals surface area contributed by atoms with Crippen LogP contribution >= 0.6 is 31.9 Å². The molecule has 2 rings (SSSR count). The fraction of sp³-hybridized carbons (Fsp3) is 0. The summed E-state index contributed by atoms with van der Waals surface area (Å²) in [7, 11) is -3.85. The topological polar surface area (TPSA) is 66.4 Å². The number of rotatable bonds is 3. The standard InChI is InChI=1S/C12H9Br2NO3S/c13-8-4-3-5-9(14)12(8)15-19(17,18)11-7-2-1-6-10(11)16/h1-7,15-16H. The highest BCUT2D eigenvalue weighted by molar-refractivity contribution is 9.11. The second kappa shape index (κ2) is 5.52. The van der Waals surface area contributed by atoms with E-state index in [2.05, 4.69) is 36.6 Å².